The van der Waals surface area contributed by atoms with Gasteiger partial charge in [0.25, 0.3) is 0 Å². The van der Waals surface area contributed by atoms with E-state index in [9.17, 15) is 4.79 Å². The number of esters is 1. The minimum Gasteiger partial charge on any atom is -0.460 e. The third-order valence-corrected chi connectivity index (χ3v) is 10.0. The molecule has 0 aromatic rings. The van der Waals surface area contributed by atoms with Gasteiger partial charge in [-0.25, -0.2) is 0 Å². The van der Waals surface area contributed by atoms with E-state index in [0.717, 1.165) is 13.0 Å². The lowest BCUT2D eigenvalue weighted by molar-refractivity contribution is -0.147. The van der Waals surface area contributed by atoms with E-state index in [4.69, 9.17) is 9.47 Å². The van der Waals surface area contributed by atoms with Crippen molar-refractivity contribution in [3.8, 4) is 0 Å². The van der Waals surface area contributed by atoms with Gasteiger partial charge in [-0.1, -0.05) is 38.9 Å². The molecule has 0 spiro atoms. The fourth-order valence-corrected chi connectivity index (χ4v) is 7.03. The molecule has 3 nitrogen and oxygen atoms in total. The molecule has 2 atom stereocenters. The Morgan fingerprint density at radius 2 is 1.88 bits per heavy atom. The topological polar surface area (TPSA) is 35.5 Å². The Labute approximate surface area is 99.5 Å². The van der Waals surface area contributed by atoms with E-state index in [1.165, 1.54) is 25.1 Å². The van der Waals surface area contributed by atoms with Gasteiger partial charge < -0.3 is 9.47 Å². The highest BCUT2D eigenvalue weighted by atomic mass is 28.3. The second kappa shape index (κ2) is 5.82. The number of hydrogen-bond acceptors (Lipinski definition) is 3. The van der Waals surface area contributed by atoms with E-state index in [2.05, 4.69) is 20.8 Å². The highest BCUT2D eigenvalue weighted by Gasteiger charge is 2.46. The molecular weight excluding hydrogens is 220 g/mol. The molecule has 16 heavy (non-hydrogen) atoms. The van der Waals surface area contributed by atoms with Crippen LogP contribution in [0.25, 0.3) is 0 Å². The van der Waals surface area contributed by atoms with Crippen LogP contribution < -0.4 is 0 Å². The molecule has 1 saturated heterocycles. The normalized spacial score (nSPS) is 25.8. The zero-order valence-corrected chi connectivity index (χ0v) is 11.9. The van der Waals surface area contributed by atoms with E-state index in [0.29, 0.717) is 0 Å². The van der Waals surface area contributed by atoms with Gasteiger partial charge in [-0.2, -0.15) is 0 Å². The van der Waals surface area contributed by atoms with Crippen LogP contribution in [-0.4, -0.2) is 32.5 Å². The van der Waals surface area contributed by atoms with E-state index in [1.54, 1.807) is 0 Å². The summed E-state index contributed by atoms with van der Waals surface area (Å²) >= 11 is 0. The molecule has 1 aliphatic rings. The summed E-state index contributed by atoms with van der Waals surface area (Å²) in [5.41, 5.74) is 0.219. The summed E-state index contributed by atoms with van der Waals surface area (Å²) < 4.78 is 11.3. The lowest BCUT2D eigenvalue weighted by Crippen LogP contribution is -2.51. The second-order valence-electron chi connectivity index (χ2n) is 4.65. The molecule has 1 rings (SSSR count). The monoisotopic (exact) mass is 244 g/mol. The second-order valence-corrected chi connectivity index (χ2v) is 10.1. The van der Waals surface area contributed by atoms with Crippen molar-refractivity contribution in [1.29, 1.82) is 0 Å². The van der Waals surface area contributed by atoms with Gasteiger partial charge in [-0.3, -0.25) is 4.79 Å². The highest BCUT2D eigenvalue weighted by Crippen LogP contribution is 2.33. The minimum absolute atomic E-state index is 0.0176. The average molecular weight is 244 g/mol. The molecule has 1 heterocycles. The van der Waals surface area contributed by atoms with Crippen molar-refractivity contribution in [3.63, 3.8) is 0 Å². The van der Waals surface area contributed by atoms with Gasteiger partial charge in [-0.05, 0) is 0 Å². The van der Waals surface area contributed by atoms with E-state index in [1.807, 2.05) is 0 Å². The predicted octanol–water partition coefficient (Wildman–Crippen LogP) is 2.75. The third kappa shape index (κ3) is 2.66. The maximum Gasteiger partial charge on any atom is 0.302 e. The summed E-state index contributed by atoms with van der Waals surface area (Å²) in [4.78, 5) is 11.1. The Morgan fingerprint density at radius 3 is 2.31 bits per heavy atom. The van der Waals surface area contributed by atoms with Gasteiger partial charge in [0, 0.05) is 13.3 Å². The first-order valence-electron chi connectivity index (χ1n) is 6.38. The molecule has 0 bridgehead atoms. The maximum atomic E-state index is 11.1. The molecule has 1 aliphatic heterocycles. The number of carbonyl (C=O) groups excluding carboxylic acids is 1. The molecule has 0 unspecified atom stereocenters. The summed E-state index contributed by atoms with van der Waals surface area (Å²) in [6.07, 6.45) is 0.892. The molecule has 0 aromatic carbocycles. The lowest BCUT2D eigenvalue weighted by atomic mass is 10.3. The van der Waals surface area contributed by atoms with Crippen LogP contribution in [0.2, 0.25) is 18.1 Å². The Morgan fingerprint density at radius 1 is 1.31 bits per heavy atom. The van der Waals surface area contributed by atoms with Crippen LogP contribution in [0, 0.1) is 0 Å². The zero-order chi connectivity index (χ0) is 12.2. The molecule has 0 saturated carbocycles. The standard InChI is InChI=1S/C12H24O3Si/c1-5-16(6-2,7-3)12-11(8-9-14-12)15-10(4)13/h11-12H,5-9H2,1-4H3/t11-,12+/m1/s1. The van der Waals surface area contributed by atoms with Crippen molar-refractivity contribution in [1.82, 2.24) is 0 Å². The number of ether oxygens (including phenoxy) is 2. The molecule has 0 aliphatic carbocycles. The van der Waals surface area contributed by atoms with Gasteiger partial charge in [0.2, 0.25) is 0 Å². The maximum absolute atomic E-state index is 11.1. The highest BCUT2D eigenvalue weighted by molar-refractivity contribution is 6.81. The van der Waals surface area contributed by atoms with Crippen LogP contribution in [0.5, 0.6) is 0 Å². The summed E-state index contributed by atoms with van der Waals surface area (Å²) in [6.45, 7) is 9.00. The van der Waals surface area contributed by atoms with Crippen molar-refractivity contribution in [2.24, 2.45) is 0 Å². The van der Waals surface area contributed by atoms with Crippen LogP contribution in [0.4, 0.5) is 0 Å². The van der Waals surface area contributed by atoms with E-state index < -0.39 is 8.07 Å². The van der Waals surface area contributed by atoms with E-state index >= 15 is 0 Å². The SMILES string of the molecule is CC[Si](CC)(CC)[C@@H]1OCC[C@H]1OC(C)=O. The third-order valence-electron chi connectivity index (χ3n) is 4.07. The molecular formula is C12H24O3Si. The number of rotatable bonds is 5. The largest absolute Gasteiger partial charge is 0.460 e. The van der Waals surface area contributed by atoms with Crippen molar-refractivity contribution in [3.05, 3.63) is 0 Å². The van der Waals surface area contributed by atoms with E-state index in [-0.39, 0.29) is 17.8 Å². The number of carbonyl (C=O) groups is 1. The van der Waals surface area contributed by atoms with Crippen LogP contribution >= 0.6 is 0 Å². The Balaban J connectivity index is 2.78. The quantitative estimate of drug-likeness (QED) is 0.551. The Bertz CT molecular complexity index is 230. The van der Waals surface area contributed by atoms with Crippen molar-refractivity contribution >= 4 is 14.0 Å². The lowest BCUT2D eigenvalue weighted by Gasteiger charge is -2.36. The number of hydrogen-bond donors (Lipinski definition) is 0. The summed E-state index contributed by atoms with van der Waals surface area (Å²) in [7, 11) is -1.41. The van der Waals surface area contributed by atoms with Crippen LogP contribution in [0.15, 0.2) is 0 Å². The van der Waals surface area contributed by atoms with Gasteiger partial charge in [0.05, 0.1) is 20.4 Å². The molecule has 0 N–H and O–H groups in total. The van der Waals surface area contributed by atoms with Crippen molar-refractivity contribution in [2.75, 3.05) is 6.61 Å². The summed E-state index contributed by atoms with van der Waals surface area (Å²) in [5, 5.41) is 0. The Hall–Kier alpha value is -0.353. The molecule has 94 valence electrons. The first-order valence-corrected chi connectivity index (χ1v) is 9.08. The van der Waals surface area contributed by atoms with Crippen LogP contribution in [0.3, 0.4) is 0 Å². The van der Waals surface area contributed by atoms with Crippen molar-refractivity contribution < 1.29 is 14.3 Å². The molecule has 0 radical (unpaired) electrons. The summed E-state index contributed by atoms with van der Waals surface area (Å²) in [6, 6.07) is 3.63. The first-order chi connectivity index (χ1) is 7.59. The van der Waals surface area contributed by atoms with Gasteiger partial charge in [0.1, 0.15) is 6.10 Å². The minimum atomic E-state index is -1.41. The predicted molar refractivity (Wildman–Crippen MR) is 67.1 cm³/mol. The van der Waals surface area contributed by atoms with Crippen molar-refractivity contribution in [2.45, 2.75) is 64.1 Å². The molecule has 1 fully saturated rings. The smallest absolute Gasteiger partial charge is 0.302 e. The fourth-order valence-electron chi connectivity index (χ4n) is 2.83. The van der Waals surface area contributed by atoms with Gasteiger partial charge in [-0.15, -0.1) is 0 Å². The molecule has 0 aromatic heterocycles. The van der Waals surface area contributed by atoms with Gasteiger partial charge >= 0.3 is 5.97 Å². The molecule has 4 heteroatoms. The van der Waals surface area contributed by atoms with Crippen LogP contribution in [-0.2, 0) is 14.3 Å². The first kappa shape index (κ1) is 13.7. The molecule has 0 amide bonds. The zero-order valence-electron chi connectivity index (χ0n) is 10.9. The van der Waals surface area contributed by atoms with Crippen LogP contribution in [0.1, 0.15) is 34.1 Å². The Kier molecular flexibility index (Phi) is 4.99. The fraction of sp³-hybridized carbons (Fsp3) is 0.917. The van der Waals surface area contributed by atoms with Gasteiger partial charge in [0.15, 0.2) is 0 Å². The summed E-state index contributed by atoms with van der Waals surface area (Å²) in [5.74, 6) is -0.174. The average Bonchev–Trinajstić information content (AvgIpc) is 2.70.